The molecule has 20 nitrogen and oxygen atoms in total. The molecule has 5 rings (SSSR count). The van der Waals surface area contributed by atoms with Crippen molar-refractivity contribution in [2.45, 2.75) is 0 Å². The second-order valence-corrected chi connectivity index (χ2v) is 10.9. The highest BCUT2D eigenvalue weighted by Crippen LogP contribution is 2.26. The van der Waals surface area contributed by atoms with Crippen LogP contribution in [0.2, 0.25) is 0 Å². The van der Waals surface area contributed by atoms with Crippen LogP contribution in [0.25, 0.3) is 0 Å². The Kier molecular flexibility index (Phi) is 11.4. The zero-order chi connectivity index (χ0) is 39.6. The molecule has 0 spiro atoms. The van der Waals surface area contributed by atoms with Gasteiger partial charge in [-0.2, -0.15) is 5.10 Å². The molecule has 0 fully saturated rings. The van der Waals surface area contributed by atoms with E-state index >= 15 is 0 Å². The highest BCUT2D eigenvalue weighted by Gasteiger charge is 2.22. The number of nitrogens with one attached hydrogen (secondary N) is 1. The Morgan fingerprint density at radius 2 is 0.891 bits per heavy atom. The van der Waals surface area contributed by atoms with Crippen LogP contribution in [0.5, 0.6) is 11.5 Å². The first kappa shape index (κ1) is 37.7. The quantitative estimate of drug-likeness (QED) is 0.0457. The number of carbonyl (C=O) groups is 3. The van der Waals surface area contributed by atoms with Crippen LogP contribution in [-0.2, 0) is 0 Å². The number of esters is 2. The maximum Gasteiger partial charge on any atom is 0.344 e. The number of benzene rings is 5. The predicted molar refractivity (Wildman–Crippen MR) is 191 cm³/mol. The van der Waals surface area contributed by atoms with E-state index in [1.165, 1.54) is 61.0 Å². The monoisotopic (exact) mass is 747 g/mol. The zero-order valence-electron chi connectivity index (χ0n) is 27.5. The molecule has 0 saturated carbocycles. The number of nitro groups is 4. The van der Waals surface area contributed by atoms with Gasteiger partial charge in [0.2, 0.25) is 0 Å². The molecule has 0 heterocycles. The maximum absolute atomic E-state index is 12.6. The summed E-state index contributed by atoms with van der Waals surface area (Å²) in [6.45, 7) is 0. The molecule has 0 saturated heterocycles. The first-order valence-corrected chi connectivity index (χ1v) is 15.3. The van der Waals surface area contributed by atoms with E-state index in [9.17, 15) is 54.8 Å². The Morgan fingerprint density at radius 1 is 0.509 bits per heavy atom. The van der Waals surface area contributed by atoms with Crippen LogP contribution in [0.4, 0.5) is 28.4 Å². The van der Waals surface area contributed by atoms with Gasteiger partial charge in [-0.25, -0.2) is 15.0 Å². The number of ether oxygens (including phenoxy) is 2. The third-order valence-electron chi connectivity index (χ3n) is 7.17. The number of aliphatic imine (C=N–C) groups is 1. The lowest BCUT2D eigenvalue weighted by atomic mass is 10.1. The number of nitrogens with zero attached hydrogens (tertiary/aromatic N) is 6. The van der Waals surface area contributed by atoms with Crippen molar-refractivity contribution in [2.24, 2.45) is 10.1 Å². The van der Waals surface area contributed by atoms with Crippen molar-refractivity contribution in [1.29, 1.82) is 0 Å². The van der Waals surface area contributed by atoms with Gasteiger partial charge >= 0.3 is 11.9 Å². The van der Waals surface area contributed by atoms with E-state index in [1.54, 1.807) is 24.3 Å². The van der Waals surface area contributed by atoms with Gasteiger partial charge in [0.25, 0.3) is 28.7 Å². The van der Waals surface area contributed by atoms with Crippen molar-refractivity contribution in [3.63, 3.8) is 0 Å². The number of amides is 1. The van der Waals surface area contributed by atoms with Crippen molar-refractivity contribution in [3.05, 3.63) is 177 Å². The summed E-state index contributed by atoms with van der Waals surface area (Å²) in [6.07, 6.45) is 2.82. The number of hydrogen-bond acceptors (Lipinski definition) is 15. The van der Waals surface area contributed by atoms with Gasteiger partial charge in [0.15, 0.2) is 0 Å². The molecule has 55 heavy (non-hydrogen) atoms. The van der Waals surface area contributed by atoms with E-state index in [0.29, 0.717) is 16.8 Å². The van der Waals surface area contributed by atoms with E-state index < -0.39 is 60.3 Å². The maximum atomic E-state index is 12.6. The number of nitro benzene ring substituents is 4. The van der Waals surface area contributed by atoms with E-state index in [1.807, 2.05) is 0 Å². The van der Waals surface area contributed by atoms with Crippen LogP contribution in [0.3, 0.4) is 0 Å². The first-order valence-electron chi connectivity index (χ1n) is 15.3. The van der Waals surface area contributed by atoms with E-state index in [-0.39, 0.29) is 28.2 Å². The van der Waals surface area contributed by atoms with E-state index in [4.69, 9.17) is 9.47 Å². The molecular formula is C35H21N7O13. The minimum atomic E-state index is -1.05. The molecule has 274 valence electrons. The summed E-state index contributed by atoms with van der Waals surface area (Å²) in [5.41, 5.74) is 0.904. The highest BCUT2D eigenvalue weighted by atomic mass is 16.6. The van der Waals surface area contributed by atoms with E-state index in [2.05, 4.69) is 15.5 Å². The summed E-state index contributed by atoms with van der Waals surface area (Å²) in [4.78, 5) is 82.8. The molecule has 0 unspecified atom stereocenters. The summed E-state index contributed by atoms with van der Waals surface area (Å²) in [5.74, 6) is -2.50. The second kappa shape index (κ2) is 16.6. The summed E-state index contributed by atoms with van der Waals surface area (Å²) in [5, 5.41) is 48.3. The van der Waals surface area contributed by atoms with Gasteiger partial charge in [0.05, 0.1) is 54.9 Å². The summed E-state index contributed by atoms with van der Waals surface area (Å²) in [7, 11) is 0. The van der Waals surface area contributed by atoms with Crippen molar-refractivity contribution in [3.8, 4) is 11.5 Å². The average molecular weight is 748 g/mol. The summed E-state index contributed by atoms with van der Waals surface area (Å²) in [6, 6.07) is 22.9. The predicted octanol–water partition coefficient (Wildman–Crippen LogP) is 6.27. The lowest BCUT2D eigenvalue weighted by Gasteiger charge is -2.05. The molecule has 0 aliphatic rings. The van der Waals surface area contributed by atoms with Crippen LogP contribution in [0.15, 0.2) is 119 Å². The number of carbonyl (C=O) groups excluding carboxylic acids is 3. The van der Waals surface area contributed by atoms with Gasteiger partial charge < -0.3 is 9.47 Å². The number of hydrogen-bond donors (Lipinski definition) is 1. The van der Waals surface area contributed by atoms with E-state index in [0.717, 1.165) is 36.4 Å². The molecule has 0 bridgehead atoms. The Balaban J connectivity index is 1.12. The molecule has 0 aliphatic heterocycles. The third-order valence-corrected chi connectivity index (χ3v) is 7.17. The zero-order valence-corrected chi connectivity index (χ0v) is 27.5. The fourth-order valence-electron chi connectivity index (χ4n) is 4.50. The average Bonchev–Trinajstić information content (AvgIpc) is 3.17. The smallest absolute Gasteiger partial charge is 0.344 e. The summed E-state index contributed by atoms with van der Waals surface area (Å²) < 4.78 is 10.4. The topological polar surface area (TPSA) is 279 Å². The molecule has 20 heteroatoms. The SMILES string of the molecule is O=C(N/N=C/c1ccc(OC(=O)c2cc([N+](=O)[O-])cc([N+](=O)[O-])c2)cc1)c1ccc(N=Cc2ccc(OC(=O)c3cc([N+](=O)[O-])cc([N+](=O)[O-])c3)cc2)cc1. The Hall–Kier alpha value is -8.55. The lowest BCUT2D eigenvalue weighted by Crippen LogP contribution is -2.17. The number of rotatable bonds is 13. The van der Waals surface area contributed by atoms with Gasteiger partial charge in [-0.3, -0.25) is 50.2 Å². The van der Waals surface area contributed by atoms with Crippen LogP contribution >= 0.6 is 0 Å². The van der Waals surface area contributed by atoms with Crippen molar-refractivity contribution in [2.75, 3.05) is 0 Å². The Morgan fingerprint density at radius 3 is 1.27 bits per heavy atom. The fraction of sp³-hybridized carbons (Fsp3) is 0. The fourth-order valence-corrected chi connectivity index (χ4v) is 4.50. The largest absolute Gasteiger partial charge is 0.423 e. The van der Waals surface area contributed by atoms with Gasteiger partial charge in [-0.1, -0.05) is 0 Å². The minimum absolute atomic E-state index is 0.0395. The summed E-state index contributed by atoms with van der Waals surface area (Å²) >= 11 is 0. The molecular weight excluding hydrogens is 726 g/mol. The Labute approximate surface area is 306 Å². The van der Waals surface area contributed by atoms with Gasteiger partial charge in [-0.05, 0) is 83.9 Å². The van der Waals surface area contributed by atoms with Crippen LogP contribution < -0.4 is 14.9 Å². The lowest BCUT2D eigenvalue weighted by molar-refractivity contribution is -0.394. The molecule has 5 aromatic rings. The molecule has 0 aliphatic carbocycles. The third kappa shape index (κ3) is 10.0. The second-order valence-electron chi connectivity index (χ2n) is 10.9. The Bertz CT molecular complexity index is 2350. The standard InChI is InChI=1S/C35H21N7O13/c43-33(38-37-20-22-3-11-32(12-4-22)55-35(45)25-15-29(41(50)51)18-30(16-25)42(52)53)23-5-7-26(8-6-23)36-19-21-1-9-31(10-2-21)54-34(44)24-13-27(39(46)47)17-28(14-24)40(48)49/h1-20H,(H,38,43)/b36-19?,37-20+. The van der Waals surface area contributed by atoms with Crippen LogP contribution in [-0.4, -0.2) is 50.0 Å². The first-order chi connectivity index (χ1) is 26.2. The highest BCUT2D eigenvalue weighted by molar-refractivity contribution is 5.96. The van der Waals surface area contributed by atoms with Crippen molar-refractivity contribution >= 4 is 58.7 Å². The molecule has 5 aromatic carbocycles. The molecule has 1 amide bonds. The number of hydrazone groups is 1. The molecule has 0 radical (unpaired) electrons. The molecule has 0 atom stereocenters. The van der Waals surface area contributed by atoms with Crippen molar-refractivity contribution < 1.29 is 43.6 Å². The molecule has 0 aromatic heterocycles. The molecule has 1 N–H and O–H groups in total. The van der Waals surface area contributed by atoms with Crippen molar-refractivity contribution in [1.82, 2.24) is 5.43 Å². The van der Waals surface area contributed by atoms with Gasteiger partial charge in [0.1, 0.15) is 11.5 Å². The van der Waals surface area contributed by atoms with Crippen LogP contribution in [0.1, 0.15) is 42.2 Å². The van der Waals surface area contributed by atoms with Crippen LogP contribution in [0, 0.1) is 40.5 Å². The van der Waals surface area contributed by atoms with Gasteiger partial charge in [0, 0.05) is 36.0 Å². The minimum Gasteiger partial charge on any atom is -0.423 e. The normalized spacial score (nSPS) is 10.8. The van der Waals surface area contributed by atoms with Gasteiger partial charge in [-0.15, -0.1) is 0 Å². The number of non-ortho nitro benzene ring substituents is 4.